The number of nitrogens with zero attached hydrogens (tertiary/aromatic N) is 1. The molecule has 2 aliphatic rings. The van der Waals surface area contributed by atoms with Crippen LogP contribution >= 0.6 is 12.4 Å². The van der Waals surface area contributed by atoms with E-state index in [9.17, 15) is 13.2 Å². The van der Waals surface area contributed by atoms with Gasteiger partial charge in [-0.1, -0.05) is 18.2 Å². The van der Waals surface area contributed by atoms with Crippen molar-refractivity contribution in [1.29, 1.82) is 0 Å². The van der Waals surface area contributed by atoms with Crippen molar-refractivity contribution in [2.45, 2.75) is 13.0 Å². The number of para-hydroxylation sites is 1. The lowest BCUT2D eigenvalue weighted by molar-refractivity contribution is -0.121. The summed E-state index contributed by atoms with van der Waals surface area (Å²) in [6, 6.07) is 7.80. The summed E-state index contributed by atoms with van der Waals surface area (Å²) in [4.78, 5) is 14.4. The molecule has 2 heterocycles. The molecule has 0 aliphatic carbocycles. The molecule has 1 fully saturated rings. The van der Waals surface area contributed by atoms with Crippen LogP contribution in [0.2, 0.25) is 0 Å². The number of amides is 1. The summed E-state index contributed by atoms with van der Waals surface area (Å²) in [6.07, 6.45) is 0.452. The monoisotopic (exact) mass is 330 g/mol. The maximum Gasteiger partial charge on any atom is 0.231 e. The van der Waals surface area contributed by atoms with Crippen LogP contribution in [0.5, 0.6) is 0 Å². The number of halogens is 1. The molecule has 116 valence electrons. The van der Waals surface area contributed by atoms with Crippen LogP contribution in [0.4, 0.5) is 5.69 Å². The molecular formula is C14H19ClN2O3S. The highest BCUT2D eigenvalue weighted by molar-refractivity contribution is 7.91. The number of nitrogens with one attached hydrogen (secondary N) is 1. The fraction of sp³-hybridized carbons (Fsp3) is 0.500. The summed E-state index contributed by atoms with van der Waals surface area (Å²) in [6.45, 7) is 2.05. The Balaban J connectivity index is 0.00000161. The van der Waals surface area contributed by atoms with Gasteiger partial charge in [0, 0.05) is 25.3 Å². The molecule has 0 radical (unpaired) electrons. The largest absolute Gasteiger partial charge is 0.311 e. The van der Waals surface area contributed by atoms with Gasteiger partial charge in [0.2, 0.25) is 5.91 Å². The third-order valence-electron chi connectivity index (χ3n) is 3.96. The van der Waals surface area contributed by atoms with Gasteiger partial charge < -0.3 is 10.2 Å². The highest BCUT2D eigenvalue weighted by Gasteiger charge is 2.36. The Morgan fingerprint density at radius 1 is 1.29 bits per heavy atom. The molecule has 0 saturated carbocycles. The highest BCUT2D eigenvalue weighted by Crippen LogP contribution is 2.27. The Morgan fingerprint density at radius 3 is 2.76 bits per heavy atom. The van der Waals surface area contributed by atoms with Crippen molar-refractivity contribution < 1.29 is 13.2 Å². The van der Waals surface area contributed by atoms with Gasteiger partial charge in [0.25, 0.3) is 0 Å². The average molecular weight is 331 g/mol. The van der Waals surface area contributed by atoms with E-state index >= 15 is 0 Å². The lowest BCUT2D eigenvalue weighted by Gasteiger charge is -2.25. The van der Waals surface area contributed by atoms with Crippen molar-refractivity contribution >= 4 is 33.8 Å². The van der Waals surface area contributed by atoms with Crippen LogP contribution in [0.25, 0.3) is 0 Å². The molecule has 1 aromatic carbocycles. The molecule has 1 atom stereocenters. The first-order chi connectivity index (χ1) is 9.57. The molecule has 1 amide bonds. The van der Waals surface area contributed by atoms with Gasteiger partial charge in [-0.3, -0.25) is 4.79 Å². The number of hydrogen-bond donors (Lipinski definition) is 1. The predicted molar refractivity (Wildman–Crippen MR) is 84.5 cm³/mol. The van der Waals surface area contributed by atoms with E-state index in [0.717, 1.165) is 24.3 Å². The molecule has 2 aliphatic heterocycles. The van der Waals surface area contributed by atoms with E-state index in [2.05, 4.69) is 5.32 Å². The zero-order valence-electron chi connectivity index (χ0n) is 11.6. The Morgan fingerprint density at radius 2 is 2.05 bits per heavy atom. The van der Waals surface area contributed by atoms with Crippen molar-refractivity contribution in [3.8, 4) is 0 Å². The van der Waals surface area contributed by atoms with Crippen LogP contribution in [0.15, 0.2) is 24.3 Å². The Bertz CT molecular complexity index is 633. The SMILES string of the molecule is Cl.O=C(C1CCS(=O)(=O)C1)N1CCNCc2ccccc21. The summed E-state index contributed by atoms with van der Waals surface area (Å²) in [5.74, 6) is -0.303. The molecule has 7 heteroatoms. The second kappa shape index (κ2) is 6.34. The summed E-state index contributed by atoms with van der Waals surface area (Å²) in [5.41, 5.74) is 1.99. The fourth-order valence-corrected chi connectivity index (χ4v) is 4.63. The number of benzene rings is 1. The number of sulfone groups is 1. The van der Waals surface area contributed by atoms with Crippen LogP contribution in [0, 0.1) is 5.92 Å². The fourth-order valence-electron chi connectivity index (χ4n) is 2.90. The molecule has 0 aromatic heterocycles. The van der Waals surface area contributed by atoms with E-state index in [1.807, 2.05) is 24.3 Å². The molecule has 1 unspecified atom stereocenters. The molecule has 5 nitrogen and oxygen atoms in total. The Kier molecular flexibility index (Phi) is 4.91. The number of hydrogen-bond acceptors (Lipinski definition) is 4. The van der Waals surface area contributed by atoms with E-state index < -0.39 is 9.84 Å². The average Bonchev–Trinajstić information content (AvgIpc) is 2.68. The van der Waals surface area contributed by atoms with E-state index in [1.54, 1.807) is 4.90 Å². The van der Waals surface area contributed by atoms with Crippen molar-refractivity contribution in [2.24, 2.45) is 5.92 Å². The van der Waals surface area contributed by atoms with Gasteiger partial charge in [-0.25, -0.2) is 8.42 Å². The van der Waals surface area contributed by atoms with Crippen LogP contribution < -0.4 is 10.2 Å². The van der Waals surface area contributed by atoms with Crippen molar-refractivity contribution in [1.82, 2.24) is 5.32 Å². The lowest BCUT2D eigenvalue weighted by Crippen LogP contribution is -2.39. The summed E-state index contributed by atoms with van der Waals surface area (Å²) in [7, 11) is -3.03. The Labute approximate surface area is 131 Å². The maximum atomic E-state index is 12.6. The molecular weight excluding hydrogens is 312 g/mol. The van der Waals surface area contributed by atoms with Gasteiger partial charge in [-0.05, 0) is 18.1 Å². The standard InChI is InChI=1S/C14H18N2O3S.ClH/c17-14(12-5-8-20(18,19)10-12)16-7-6-15-9-11-3-1-2-4-13(11)16;/h1-4,12,15H,5-10H2;1H. The summed E-state index contributed by atoms with van der Waals surface area (Å²) < 4.78 is 23.1. The first-order valence-corrected chi connectivity index (χ1v) is 8.69. The third kappa shape index (κ3) is 3.39. The quantitative estimate of drug-likeness (QED) is 0.833. The normalized spacial score (nSPS) is 23.8. The number of rotatable bonds is 1. The topological polar surface area (TPSA) is 66.5 Å². The molecule has 21 heavy (non-hydrogen) atoms. The molecule has 1 N–H and O–H groups in total. The minimum atomic E-state index is -3.03. The van der Waals surface area contributed by atoms with Crippen LogP contribution in [0.1, 0.15) is 12.0 Å². The Hall–Kier alpha value is -1.11. The smallest absolute Gasteiger partial charge is 0.231 e. The molecule has 1 saturated heterocycles. The van der Waals surface area contributed by atoms with Gasteiger partial charge in [0.15, 0.2) is 9.84 Å². The van der Waals surface area contributed by atoms with Crippen LogP contribution in [-0.2, 0) is 21.2 Å². The maximum absolute atomic E-state index is 12.6. The zero-order valence-corrected chi connectivity index (χ0v) is 13.3. The first-order valence-electron chi connectivity index (χ1n) is 6.87. The van der Waals surface area contributed by atoms with E-state index in [0.29, 0.717) is 13.0 Å². The van der Waals surface area contributed by atoms with Crippen molar-refractivity contribution in [3.63, 3.8) is 0 Å². The minimum absolute atomic E-state index is 0. The number of carbonyl (C=O) groups is 1. The van der Waals surface area contributed by atoms with Crippen LogP contribution in [0.3, 0.4) is 0 Å². The van der Waals surface area contributed by atoms with Crippen molar-refractivity contribution in [3.05, 3.63) is 29.8 Å². The minimum Gasteiger partial charge on any atom is -0.311 e. The van der Waals surface area contributed by atoms with Gasteiger partial charge in [-0.15, -0.1) is 12.4 Å². The number of fused-ring (bicyclic) bond motifs is 1. The first kappa shape index (κ1) is 16.3. The zero-order chi connectivity index (χ0) is 14.2. The van der Waals surface area contributed by atoms with E-state index in [-0.39, 0.29) is 35.7 Å². The number of anilines is 1. The van der Waals surface area contributed by atoms with Gasteiger partial charge in [-0.2, -0.15) is 0 Å². The third-order valence-corrected chi connectivity index (χ3v) is 5.73. The number of carbonyl (C=O) groups excluding carboxylic acids is 1. The van der Waals surface area contributed by atoms with E-state index in [4.69, 9.17) is 0 Å². The van der Waals surface area contributed by atoms with E-state index in [1.165, 1.54) is 0 Å². The van der Waals surface area contributed by atoms with Gasteiger partial charge in [0.1, 0.15) is 0 Å². The second-order valence-corrected chi connectivity index (χ2v) is 7.62. The molecule has 0 bridgehead atoms. The molecule has 0 spiro atoms. The lowest BCUT2D eigenvalue weighted by atomic mass is 10.1. The van der Waals surface area contributed by atoms with Crippen molar-refractivity contribution in [2.75, 3.05) is 29.5 Å². The molecule has 1 aromatic rings. The van der Waals surface area contributed by atoms with Gasteiger partial charge in [0.05, 0.1) is 17.4 Å². The predicted octanol–water partition coefficient (Wildman–Crippen LogP) is 0.979. The summed E-state index contributed by atoms with van der Waals surface area (Å²) in [5, 5.41) is 3.28. The van der Waals surface area contributed by atoms with Crippen LogP contribution in [-0.4, -0.2) is 38.9 Å². The summed E-state index contributed by atoms with van der Waals surface area (Å²) >= 11 is 0. The van der Waals surface area contributed by atoms with Gasteiger partial charge >= 0.3 is 0 Å². The second-order valence-electron chi connectivity index (χ2n) is 5.40. The molecule has 3 rings (SSSR count). The highest BCUT2D eigenvalue weighted by atomic mass is 35.5.